The zero-order valence-corrected chi connectivity index (χ0v) is 21.3. The smallest absolute Gasteiger partial charge is 0.251 e. The first-order chi connectivity index (χ1) is 16.5. The lowest BCUT2D eigenvalue weighted by atomic mass is 9.66. The molecule has 2 N–H and O–H groups in total. The van der Waals surface area contributed by atoms with E-state index in [0.29, 0.717) is 35.7 Å². The minimum absolute atomic E-state index is 0.0246. The van der Waals surface area contributed by atoms with E-state index in [9.17, 15) is 19.5 Å². The highest BCUT2D eigenvalue weighted by atomic mass is 35.5. The fourth-order valence-electron chi connectivity index (χ4n) is 5.56. The zero-order valence-electron chi connectivity index (χ0n) is 20.5. The third-order valence-corrected chi connectivity index (χ3v) is 8.02. The van der Waals surface area contributed by atoms with E-state index < -0.39 is 11.0 Å². The molecule has 0 bridgehead atoms. The molecule has 186 valence electrons. The number of carbonyl (C=O) groups is 3. The predicted molar refractivity (Wildman–Crippen MR) is 135 cm³/mol. The van der Waals surface area contributed by atoms with Crippen molar-refractivity contribution in [1.82, 2.24) is 10.2 Å². The van der Waals surface area contributed by atoms with Crippen molar-refractivity contribution in [3.05, 3.63) is 70.2 Å². The van der Waals surface area contributed by atoms with Gasteiger partial charge in [0, 0.05) is 40.7 Å². The van der Waals surface area contributed by atoms with E-state index in [1.165, 1.54) is 6.92 Å². The highest BCUT2D eigenvalue weighted by Crippen LogP contribution is 2.46. The van der Waals surface area contributed by atoms with Gasteiger partial charge in [-0.25, -0.2) is 0 Å². The number of amides is 2. The third-order valence-electron chi connectivity index (χ3n) is 7.76. The third kappa shape index (κ3) is 5.00. The van der Waals surface area contributed by atoms with Crippen LogP contribution in [0, 0.1) is 11.3 Å². The number of nitrogens with one attached hydrogen (secondary N) is 1. The normalized spacial score (nSPS) is 25.8. The Labute approximate surface area is 211 Å². The Morgan fingerprint density at radius 3 is 2.40 bits per heavy atom. The van der Waals surface area contributed by atoms with E-state index >= 15 is 0 Å². The Morgan fingerprint density at radius 2 is 1.74 bits per heavy atom. The molecular weight excluding hydrogens is 464 g/mol. The highest BCUT2D eigenvalue weighted by Gasteiger charge is 2.50. The number of piperidine rings is 1. The SMILES string of the molecule is CC(=O)c1cccc(C(=O)N[C@@H]2CCC[C@@H]2C(=O)N2CC[C@](O)(c3ccc(Cl)cc3)C(C)(C)C2)c1. The maximum atomic E-state index is 13.6. The molecule has 1 saturated carbocycles. The van der Waals surface area contributed by atoms with Gasteiger partial charge in [0.1, 0.15) is 0 Å². The molecule has 2 fully saturated rings. The Kier molecular flexibility index (Phi) is 7.07. The number of aliphatic hydroxyl groups is 1. The molecule has 0 unspecified atom stereocenters. The van der Waals surface area contributed by atoms with Gasteiger partial charge in [-0.2, -0.15) is 0 Å². The fraction of sp³-hybridized carbons (Fsp3) is 0.464. The summed E-state index contributed by atoms with van der Waals surface area (Å²) in [5, 5.41) is 15.3. The first kappa shape index (κ1) is 25.4. The Balaban J connectivity index is 1.45. The van der Waals surface area contributed by atoms with E-state index in [0.717, 1.165) is 24.8 Å². The number of halogens is 1. The van der Waals surface area contributed by atoms with Gasteiger partial charge < -0.3 is 15.3 Å². The van der Waals surface area contributed by atoms with Crippen LogP contribution < -0.4 is 5.32 Å². The van der Waals surface area contributed by atoms with Crippen molar-refractivity contribution in [3.63, 3.8) is 0 Å². The van der Waals surface area contributed by atoms with Crippen LogP contribution in [-0.2, 0) is 10.4 Å². The average molecular weight is 497 g/mol. The van der Waals surface area contributed by atoms with Crippen LogP contribution in [0.25, 0.3) is 0 Å². The van der Waals surface area contributed by atoms with Crippen molar-refractivity contribution in [2.45, 2.75) is 58.1 Å². The van der Waals surface area contributed by atoms with Gasteiger partial charge in [-0.1, -0.05) is 56.1 Å². The van der Waals surface area contributed by atoms with Crippen LogP contribution >= 0.6 is 11.6 Å². The fourth-order valence-corrected chi connectivity index (χ4v) is 5.69. The summed E-state index contributed by atoms with van der Waals surface area (Å²) >= 11 is 6.04. The predicted octanol–water partition coefficient (Wildman–Crippen LogP) is 4.59. The molecule has 1 heterocycles. The van der Waals surface area contributed by atoms with Gasteiger partial charge in [-0.3, -0.25) is 14.4 Å². The minimum Gasteiger partial charge on any atom is -0.384 e. The van der Waals surface area contributed by atoms with Crippen molar-refractivity contribution < 1.29 is 19.5 Å². The molecule has 0 spiro atoms. The quantitative estimate of drug-likeness (QED) is 0.593. The molecular formula is C28H33ClN2O4. The van der Waals surface area contributed by atoms with Gasteiger partial charge in [0.05, 0.1) is 11.5 Å². The number of carbonyl (C=O) groups excluding carboxylic acids is 3. The number of rotatable bonds is 5. The number of Topliss-reactive ketones (excluding diaryl/α,β-unsaturated/α-hetero) is 1. The second-order valence-electron chi connectivity index (χ2n) is 10.5. The zero-order chi connectivity index (χ0) is 25.4. The molecule has 4 rings (SSSR count). The Morgan fingerprint density at radius 1 is 1.06 bits per heavy atom. The van der Waals surface area contributed by atoms with Crippen LogP contribution in [0.2, 0.25) is 5.02 Å². The summed E-state index contributed by atoms with van der Waals surface area (Å²) in [7, 11) is 0. The molecule has 2 amide bonds. The topological polar surface area (TPSA) is 86.7 Å². The van der Waals surface area contributed by atoms with Crippen molar-refractivity contribution >= 4 is 29.2 Å². The van der Waals surface area contributed by atoms with Crippen molar-refractivity contribution in [3.8, 4) is 0 Å². The van der Waals surface area contributed by atoms with Crippen LogP contribution in [0.1, 0.15) is 72.7 Å². The summed E-state index contributed by atoms with van der Waals surface area (Å²) in [4.78, 5) is 40.0. The van der Waals surface area contributed by atoms with Crippen molar-refractivity contribution in [2.24, 2.45) is 11.3 Å². The maximum absolute atomic E-state index is 13.6. The van der Waals surface area contributed by atoms with Gasteiger partial charge in [0.2, 0.25) is 5.91 Å². The van der Waals surface area contributed by atoms with E-state index in [4.69, 9.17) is 11.6 Å². The number of nitrogens with zero attached hydrogens (tertiary/aromatic N) is 1. The lowest BCUT2D eigenvalue weighted by Gasteiger charge is -2.51. The van der Waals surface area contributed by atoms with Gasteiger partial charge in [0.15, 0.2) is 5.78 Å². The van der Waals surface area contributed by atoms with E-state index in [-0.39, 0.29) is 29.6 Å². The molecule has 2 aliphatic rings. The van der Waals surface area contributed by atoms with Gasteiger partial charge in [0.25, 0.3) is 5.91 Å². The summed E-state index contributed by atoms with van der Waals surface area (Å²) in [6.45, 7) is 6.30. The second-order valence-corrected chi connectivity index (χ2v) is 11.0. The van der Waals surface area contributed by atoms with Crippen LogP contribution in [0.5, 0.6) is 0 Å². The van der Waals surface area contributed by atoms with E-state index in [2.05, 4.69) is 5.32 Å². The average Bonchev–Trinajstić information content (AvgIpc) is 3.28. The minimum atomic E-state index is -1.07. The molecule has 7 heteroatoms. The number of ketones is 1. The molecule has 3 atom stereocenters. The molecule has 0 aromatic heterocycles. The molecule has 2 aromatic rings. The first-order valence-corrected chi connectivity index (χ1v) is 12.6. The lowest BCUT2D eigenvalue weighted by molar-refractivity contribution is -0.156. The van der Waals surface area contributed by atoms with Crippen LogP contribution in [-0.4, -0.2) is 46.7 Å². The molecule has 0 radical (unpaired) electrons. The maximum Gasteiger partial charge on any atom is 0.251 e. The molecule has 35 heavy (non-hydrogen) atoms. The van der Waals surface area contributed by atoms with Crippen molar-refractivity contribution in [1.29, 1.82) is 0 Å². The molecule has 6 nitrogen and oxygen atoms in total. The van der Waals surface area contributed by atoms with E-state index in [1.807, 2.05) is 30.9 Å². The van der Waals surface area contributed by atoms with Gasteiger partial charge in [-0.15, -0.1) is 0 Å². The summed E-state index contributed by atoms with van der Waals surface area (Å²) in [5.74, 6) is -0.641. The molecule has 2 aromatic carbocycles. The van der Waals surface area contributed by atoms with Crippen LogP contribution in [0.15, 0.2) is 48.5 Å². The first-order valence-electron chi connectivity index (χ1n) is 12.2. The van der Waals surface area contributed by atoms with Gasteiger partial charge in [-0.05, 0) is 56.0 Å². The number of likely N-dealkylation sites (tertiary alicyclic amines) is 1. The Hall–Kier alpha value is -2.70. The summed E-state index contributed by atoms with van der Waals surface area (Å²) in [6.07, 6.45) is 2.74. The standard InChI is InChI=1S/C28H33ClN2O4/c1-18(32)19-6-4-7-20(16-19)25(33)30-24-9-5-8-23(24)26(34)31-15-14-28(35,27(2,3)17-31)21-10-12-22(29)13-11-21/h4,6-7,10-13,16,23-24,35H,5,8-9,14-15,17H2,1-3H3,(H,30,33)/t23-,24+,28-/m0/s1. The molecule has 1 aliphatic carbocycles. The monoisotopic (exact) mass is 496 g/mol. The summed E-state index contributed by atoms with van der Waals surface area (Å²) < 4.78 is 0. The summed E-state index contributed by atoms with van der Waals surface area (Å²) in [6, 6.07) is 13.7. The van der Waals surface area contributed by atoms with E-state index in [1.54, 1.807) is 36.4 Å². The highest BCUT2D eigenvalue weighted by molar-refractivity contribution is 6.30. The van der Waals surface area contributed by atoms with Crippen molar-refractivity contribution in [2.75, 3.05) is 13.1 Å². The lowest BCUT2D eigenvalue weighted by Crippen LogP contribution is -2.58. The van der Waals surface area contributed by atoms with Crippen LogP contribution in [0.4, 0.5) is 0 Å². The molecule has 1 aliphatic heterocycles. The number of benzene rings is 2. The summed E-state index contributed by atoms with van der Waals surface area (Å²) in [5.41, 5.74) is 0.0691. The van der Waals surface area contributed by atoms with Gasteiger partial charge >= 0.3 is 0 Å². The largest absolute Gasteiger partial charge is 0.384 e. The van der Waals surface area contributed by atoms with Crippen LogP contribution in [0.3, 0.4) is 0 Å². The number of hydrogen-bond donors (Lipinski definition) is 2. The Bertz CT molecular complexity index is 1130. The molecule has 1 saturated heterocycles. The number of hydrogen-bond acceptors (Lipinski definition) is 4. The second kappa shape index (κ2) is 9.75.